The van der Waals surface area contributed by atoms with Crippen LogP contribution in [-0.2, 0) is 4.74 Å². The van der Waals surface area contributed by atoms with Gasteiger partial charge in [-0.3, -0.25) is 4.79 Å². The van der Waals surface area contributed by atoms with Gasteiger partial charge in [-0.1, -0.05) is 12.1 Å². The lowest BCUT2D eigenvalue weighted by molar-refractivity contribution is 0.0716. The number of nitrogens with zero attached hydrogens (tertiary/aromatic N) is 2. The highest BCUT2D eigenvalue weighted by Crippen LogP contribution is 2.34. The van der Waals surface area contributed by atoms with Crippen molar-refractivity contribution in [1.82, 2.24) is 14.9 Å². The van der Waals surface area contributed by atoms with E-state index in [0.29, 0.717) is 5.92 Å². The van der Waals surface area contributed by atoms with Gasteiger partial charge in [0.25, 0.3) is 5.91 Å². The van der Waals surface area contributed by atoms with Crippen LogP contribution in [0.5, 0.6) is 0 Å². The van der Waals surface area contributed by atoms with Crippen molar-refractivity contribution >= 4 is 28.3 Å². The van der Waals surface area contributed by atoms with Gasteiger partial charge < -0.3 is 14.6 Å². The third-order valence-electron chi connectivity index (χ3n) is 5.99. The van der Waals surface area contributed by atoms with Crippen molar-refractivity contribution in [2.45, 2.75) is 44.6 Å². The van der Waals surface area contributed by atoms with Crippen LogP contribution < -0.4 is 0 Å². The second-order valence-electron chi connectivity index (χ2n) is 7.86. The van der Waals surface area contributed by atoms with Gasteiger partial charge in [-0.25, -0.2) is 4.98 Å². The molecular weight excluding hydrogens is 370 g/mol. The Balaban J connectivity index is 1.25. The van der Waals surface area contributed by atoms with Crippen LogP contribution in [0.15, 0.2) is 30.3 Å². The minimum Gasteiger partial charge on any atom is -0.373 e. The molecule has 0 saturated carbocycles. The zero-order chi connectivity index (χ0) is 19.1. The number of H-pyrrole nitrogens is 1. The van der Waals surface area contributed by atoms with Crippen LogP contribution in [0.1, 0.15) is 63.6 Å². The van der Waals surface area contributed by atoms with Gasteiger partial charge in [-0.2, -0.15) is 0 Å². The largest absolute Gasteiger partial charge is 0.373 e. The molecule has 0 spiro atoms. The number of piperidine rings is 1. The highest BCUT2D eigenvalue weighted by atomic mass is 32.1. The molecule has 4 heterocycles. The van der Waals surface area contributed by atoms with Crippen molar-refractivity contribution in [2.24, 2.45) is 0 Å². The molecule has 0 bridgehead atoms. The van der Waals surface area contributed by atoms with E-state index in [4.69, 9.17) is 9.72 Å². The number of nitrogens with one attached hydrogen (secondary N) is 1. The second kappa shape index (κ2) is 7.33. The quantitative estimate of drug-likeness (QED) is 0.693. The first-order chi connectivity index (χ1) is 13.7. The number of thiophene rings is 1. The number of fused-ring (bicyclic) bond motifs is 1. The van der Waals surface area contributed by atoms with E-state index >= 15 is 0 Å². The van der Waals surface area contributed by atoms with Gasteiger partial charge in [0.2, 0.25) is 0 Å². The Morgan fingerprint density at radius 2 is 2.07 bits per heavy atom. The zero-order valence-corrected chi connectivity index (χ0v) is 16.9. The maximum atomic E-state index is 12.9. The molecule has 2 aromatic heterocycles. The average molecular weight is 396 g/mol. The van der Waals surface area contributed by atoms with E-state index in [1.165, 1.54) is 10.4 Å². The van der Waals surface area contributed by atoms with Crippen LogP contribution in [0.3, 0.4) is 0 Å². The number of amides is 1. The molecule has 6 heteroatoms. The summed E-state index contributed by atoms with van der Waals surface area (Å²) in [5.41, 5.74) is 3.37. The minimum atomic E-state index is 0.160. The molecule has 146 valence electrons. The summed E-state index contributed by atoms with van der Waals surface area (Å²) in [5, 5.41) is 0. The molecule has 1 N–H and O–H groups in total. The fraction of sp³-hybridized carbons (Fsp3) is 0.455. The smallest absolute Gasteiger partial charge is 0.263 e. The first kappa shape index (κ1) is 17.9. The normalized spacial score (nSPS) is 20.9. The Morgan fingerprint density at radius 1 is 1.21 bits per heavy atom. The van der Waals surface area contributed by atoms with Crippen LogP contribution in [0.25, 0.3) is 11.0 Å². The summed E-state index contributed by atoms with van der Waals surface area (Å²) in [6, 6.07) is 10.3. The van der Waals surface area contributed by atoms with E-state index in [1.54, 1.807) is 11.3 Å². The van der Waals surface area contributed by atoms with Crippen molar-refractivity contribution in [3.05, 3.63) is 51.5 Å². The monoisotopic (exact) mass is 395 g/mol. The van der Waals surface area contributed by atoms with Gasteiger partial charge >= 0.3 is 0 Å². The second-order valence-corrected chi connectivity index (χ2v) is 8.98. The first-order valence-electron chi connectivity index (χ1n) is 10.1. The summed E-state index contributed by atoms with van der Waals surface area (Å²) in [7, 11) is 0. The molecule has 28 heavy (non-hydrogen) atoms. The molecule has 2 fully saturated rings. The number of imidazole rings is 1. The molecule has 0 aliphatic carbocycles. The zero-order valence-electron chi connectivity index (χ0n) is 16.1. The number of ether oxygens (including phenoxy) is 1. The number of aromatic nitrogens is 2. The van der Waals surface area contributed by atoms with E-state index in [1.807, 2.05) is 11.0 Å². The van der Waals surface area contributed by atoms with Crippen molar-refractivity contribution in [1.29, 1.82) is 0 Å². The third kappa shape index (κ3) is 3.25. The molecule has 2 saturated heterocycles. The summed E-state index contributed by atoms with van der Waals surface area (Å²) in [6.07, 6.45) is 4.27. The maximum absolute atomic E-state index is 12.9. The number of benzene rings is 1. The van der Waals surface area contributed by atoms with E-state index in [0.717, 1.165) is 67.1 Å². The summed E-state index contributed by atoms with van der Waals surface area (Å²) >= 11 is 1.60. The Hall–Kier alpha value is -2.18. The minimum absolute atomic E-state index is 0.160. The highest BCUT2D eigenvalue weighted by molar-refractivity contribution is 7.14. The van der Waals surface area contributed by atoms with Crippen LogP contribution in [0.4, 0.5) is 0 Å². The number of carbonyl (C=O) groups excluding carboxylic acids is 1. The molecule has 1 aromatic carbocycles. The number of aromatic amines is 1. The van der Waals surface area contributed by atoms with Crippen LogP contribution in [0.2, 0.25) is 0 Å². The van der Waals surface area contributed by atoms with Crippen molar-refractivity contribution in [2.75, 3.05) is 19.7 Å². The SMILES string of the molecule is Cc1cccc2[nH]c(C3CCN(C(=O)c4ccc([C@H]5CCCO5)s4)CC3)nc12. The van der Waals surface area contributed by atoms with Crippen LogP contribution in [0, 0.1) is 6.92 Å². The van der Waals surface area contributed by atoms with Gasteiger partial charge in [0.1, 0.15) is 5.82 Å². The molecule has 0 radical (unpaired) electrons. The van der Waals surface area contributed by atoms with Gasteiger partial charge in [-0.05, 0) is 56.4 Å². The van der Waals surface area contributed by atoms with E-state index < -0.39 is 0 Å². The number of para-hydroxylation sites is 1. The van der Waals surface area contributed by atoms with Gasteiger partial charge in [0, 0.05) is 30.5 Å². The summed E-state index contributed by atoms with van der Waals surface area (Å²) < 4.78 is 5.75. The van der Waals surface area contributed by atoms with Crippen LogP contribution >= 0.6 is 11.3 Å². The molecule has 5 nitrogen and oxygen atoms in total. The summed E-state index contributed by atoms with van der Waals surface area (Å²) in [4.78, 5) is 25.3. The highest BCUT2D eigenvalue weighted by Gasteiger charge is 2.28. The first-order valence-corrected chi connectivity index (χ1v) is 11.0. The number of carbonyl (C=O) groups is 1. The van der Waals surface area contributed by atoms with E-state index in [-0.39, 0.29) is 12.0 Å². The Bertz CT molecular complexity index is 994. The van der Waals surface area contributed by atoms with E-state index in [2.05, 4.69) is 36.2 Å². The lowest BCUT2D eigenvalue weighted by Crippen LogP contribution is -2.37. The number of hydrogen-bond donors (Lipinski definition) is 1. The number of hydrogen-bond acceptors (Lipinski definition) is 4. The summed E-state index contributed by atoms with van der Waals surface area (Å²) in [5.74, 6) is 1.61. The molecule has 1 atom stereocenters. The molecule has 5 rings (SSSR count). The number of aryl methyl sites for hydroxylation is 1. The standard InChI is InChI=1S/C22H25N3O2S/c1-14-4-2-5-16-20(14)24-21(23-16)15-9-11-25(12-10-15)22(26)19-8-7-18(28-19)17-6-3-13-27-17/h2,4-5,7-8,15,17H,3,6,9-13H2,1H3,(H,23,24)/t17-/m1/s1. The Morgan fingerprint density at radius 3 is 2.82 bits per heavy atom. The molecule has 0 unspecified atom stereocenters. The van der Waals surface area contributed by atoms with Crippen molar-refractivity contribution < 1.29 is 9.53 Å². The molecule has 3 aromatic rings. The average Bonchev–Trinajstić information content (AvgIpc) is 3.47. The number of rotatable bonds is 3. The molecule has 2 aliphatic rings. The Labute approximate surface area is 168 Å². The molecule has 2 aliphatic heterocycles. The lowest BCUT2D eigenvalue weighted by atomic mass is 9.96. The van der Waals surface area contributed by atoms with Gasteiger partial charge in [0.15, 0.2) is 0 Å². The van der Waals surface area contributed by atoms with E-state index in [9.17, 15) is 4.79 Å². The van der Waals surface area contributed by atoms with Crippen molar-refractivity contribution in [3.8, 4) is 0 Å². The van der Waals surface area contributed by atoms with Crippen molar-refractivity contribution in [3.63, 3.8) is 0 Å². The molecule has 1 amide bonds. The van der Waals surface area contributed by atoms with Gasteiger partial charge in [-0.15, -0.1) is 11.3 Å². The predicted molar refractivity (Wildman–Crippen MR) is 111 cm³/mol. The number of likely N-dealkylation sites (tertiary alicyclic amines) is 1. The predicted octanol–water partition coefficient (Wildman–Crippen LogP) is 4.80. The summed E-state index contributed by atoms with van der Waals surface area (Å²) in [6.45, 7) is 4.50. The van der Waals surface area contributed by atoms with Crippen LogP contribution in [-0.4, -0.2) is 40.5 Å². The molecular formula is C22H25N3O2S. The topological polar surface area (TPSA) is 58.2 Å². The Kier molecular flexibility index (Phi) is 4.69. The lowest BCUT2D eigenvalue weighted by Gasteiger charge is -2.30. The third-order valence-corrected chi connectivity index (χ3v) is 7.15. The maximum Gasteiger partial charge on any atom is 0.263 e. The fourth-order valence-corrected chi connectivity index (χ4v) is 5.40. The van der Waals surface area contributed by atoms with Gasteiger partial charge in [0.05, 0.1) is 22.0 Å². The fourth-order valence-electron chi connectivity index (χ4n) is 4.34.